The van der Waals surface area contributed by atoms with Crippen molar-refractivity contribution in [3.63, 3.8) is 0 Å². The molecule has 13 nitrogen and oxygen atoms in total. The lowest BCUT2D eigenvalue weighted by Crippen LogP contribution is -2.35. The SMILES string of the molecule is COc1ccc(CCc2ccccc2CC[C@H](CN(C)C)OC(=O)C(=O)O)cc1.COc1ccc(CCc2ccccc2OCC(CN(C)C)OC(=O)c2cccc(C(=O)O)c2)cc1. The third-order valence-corrected chi connectivity index (χ3v) is 10.1. The number of carbonyl (C=O) groups is 4. The molecule has 2 N–H and O–H groups in total. The Balaban J connectivity index is 0.000000286. The number of para-hydroxylation sites is 1. The first-order valence-corrected chi connectivity index (χ1v) is 21.1. The number of aryl methyl sites for hydroxylation is 5. The number of carboxylic acid groups (broad SMARTS) is 2. The van der Waals surface area contributed by atoms with Crippen LogP contribution in [0.1, 0.15) is 55.0 Å². The Labute approximate surface area is 376 Å². The minimum absolute atomic E-state index is 0.0330. The molecule has 0 fully saturated rings. The van der Waals surface area contributed by atoms with E-state index < -0.39 is 36.1 Å². The van der Waals surface area contributed by atoms with Crippen LogP contribution in [0.25, 0.3) is 0 Å². The Morgan fingerprint density at radius 1 is 0.547 bits per heavy atom. The summed E-state index contributed by atoms with van der Waals surface area (Å²) < 4.78 is 27.4. The van der Waals surface area contributed by atoms with E-state index in [0.29, 0.717) is 25.9 Å². The van der Waals surface area contributed by atoms with E-state index in [1.165, 1.54) is 46.5 Å². The predicted octanol–water partition coefficient (Wildman–Crippen LogP) is 7.32. The Hall–Kier alpha value is -6.70. The second kappa shape index (κ2) is 26.0. The predicted molar refractivity (Wildman–Crippen MR) is 245 cm³/mol. The summed E-state index contributed by atoms with van der Waals surface area (Å²) in [7, 11) is 10.8. The van der Waals surface area contributed by atoms with Crippen LogP contribution in [0.2, 0.25) is 0 Å². The van der Waals surface area contributed by atoms with Crippen LogP contribution in [0, 0.1) is 0 Å². The van der Waals surface area contributed by atoms with Gasteiger partial charge in [0.15, 0.2) is 0 Å². The normalized spacial score (nSPS) is 11.8. The van der Waals surface area contributed by atoms with Crippen molar-refractivity contribution in [1.29, 1.82) is 0 Å². The number of carboxylic acids is 2. The van der Waals surface area contributed by atoms with Crippen LogP contribution in [-0.4, -0.2) is 118 Å². The van der Waals surface area contributed by atoms with E-state index in [1.54, 1.807) is 14.2 Å². The number of hydrogen-bond donors (Lipinski definition) is 2. The van der Waals surface area contributed by atoms with Crippen molar-refractivity contribution in [3.05, 3.63) is 160 Å². The monoisotopic (exact) mass is 876 g/mol. The lowest BCUT2D eigenvalue weighted by atomic mass is 9.96. The number of carbonyl (C=O) groups excluding carboxylic acids is 2. The molecule has 0 aliphatic heterocycles. The Morgan fingerprint density at radius 2 is 1.05 bits per heavy atom. The van der Waals surface area contributed by atoms with Gasteiger partial charge in [0, 0.05) is 13.1 Å². The van der Waals surface area contributed by atoms with Crippen LogP contribution in [-0.2, 0) is 51.2 Å². The van der Waals surface area contributed by atoms with Gasteiger partial charge in [-0.25, -0.2) is 19.2 Å². The van der Waals surface area contributed by atoms with Gasteiger partial charge in [0.1, 0.15) is 36.1 Å². The fourth-order valence-electron chi connectivity index (χ4n) is 6.86. The van der Waals surface area contributed by atoms with Crippen LogP contribution in [0.5, 0.6) is 17.2 Å². The zero-order chi connectivity index (χ0) is 46.4. The van der Waals surface area contributed by atoms with E-state index in [-0.39, 0.29) is 17.7 Å². The molecule has 0 amide bonds. The number of hydrogen-bond acceptors (Lipinski definition) is 11. The van der Waals surface area contributed by atoms with E-state index in [0.717, 1.165) is 48.5 Å². The molecule has 0 bridgehead atoms. The van der Waals surface area contributed by atoms with Crippen LogP contribution in [0.15, 0.2) is 121 Å². The molecule has 340 valence electrons. The van der Waals surface area contributed by atoms with Crippen molar-refractivity contribution in [2.75, 3.05) is 62.1 Å². The highest BCUT2D eigenvalue weighted by molar-refractivity contribution is 6.28. The topological polar surface area (TPSA) is 161 Å². The first kappa shape index (κ1) is 50.0. The highest BCUT2D eigenvalue weighted by atomic mass is 16.6. The zero-order valence-corrected chi connectivity index (χ0v) is 37.5. The maximum Gasteiger partial charge on any atom is 0.417 e. The second-order valence-corrected chi connectivity index (χ2v) is 15.7. The Morgan fingerprint density at radius 3 is 1.58 bits per heavy atom. The van der Waals surface area contributed by atoms with Gasteiger partial charge in [0.05, 0.1) is 25.3 Å². The molecule has 0 aliphatic rings. The largest absolute Gasteiger partial charge is 0.497 e. The van der Waals surface area contributed by atoms with Gasteiger partial charge in [-0.3, -0.25) is 0 Å². The minimum Gasteiger partial charge on any atom is -0.497 e. The number of methoxy groups -OCH3 is 2. The average molecular weight is 877 g/mol. The van der Waals surface area contributed by atoms with Crippen molar-refractivity contribution in [2.45, 2.75) is 50.7 Å². The number of benzene rings is 5. The highest BCUT2D eigenvalue weighted by Crippen LogP contribution is 2.23. The molecular weight excluding hydrogens is 817 g/mol. The van der Waals surface area contributed by atoms with Gasteiger partial charge >= 0.3 is 23.9 Å². The fraction of sp³-hybridized carbons (Fsp3) is 0.333. The summed E-state index contributed by atoms with van der Waals surface area (Å²) in [5.74, 6) is -2.03. The maximum atomic E-state index is 12.7. The number of aliphatic carboxylic acids is 1. The van der Waals surface area contributed by atoms with Gasteiger partial charge < -0.3 is 43.7 Å². The summed E-state index contributed by atoms with van der Waals surface area (Å²) in [6, 6.07) is 37.9. The smallest absolute Gasteiger partial charge is 0.417 e. The molecule has 1 unspecified atom stereocenters. The summed E-state index contributed by atoms with van der Waals surface area (Å²) in [6.45, 7) is 1.10. The Bertz CT molecular complexity index is 2240. The van der Waals surface area contributed by atoms with Gasteiger partial charge in [-0.1, -0.05) is 72.8 Å². The van der Waals surface area contributed by atoms with E-state index in [2.05, 4.69) is 24.3 Å². The zero-order valence-electron chi connectivity index (χ0n) is 37.5. The molecule has 0 saturated heterocycles. The molecule has 0 saturated carbocycles. The maximum absolute atomic E-state index is 12.7. The molecule has 13 heteroatoms. The molecule has 5 rings (SSSR count). The number of rotatable bonds is 22. The van der Waals surface area contributed by atoms with Gasteiger partial charge in [-0.2, -0.15) is 0 Å². The van der Waals surface area contributed by atoms with E-state index in [4.69, 9.17) is 28.8 Å². The molecular formula is C51H60N2O11. The van der Waals surface area contributed by atoms with Gasteiger partial charge in [-0.05, 0) is 143 Å². The molecule has 5 aromatic rings. The highest BCUT2D eigenvalue weighted by Gasteiger charge is 2.22. The summed E-state index contributed by atoms with van der Waals surface area (Å²) in [4.78, 5) is 50.0. The van der Waals surface area contributed by atoms with Crippen LogP contribution < -0.4 is 14.2 Å². The average Bonchev–Trinajstić information content (AvgIpc) is 3.29. The van der Waals surface area contributed by atoms with Gasteiger partial charge in [-0.15, -0.1) is 0 Å². The van der Waals surface area contributed by atoms with Crippen LogP contribution in [0.4, 0.5) is 0 Å². The lowest BCUT2D eigenvalue weighted by molar-refractivity contribution is -0.168. The number of ether oxygens (including phenoxy) is 5. The van der Waals surface area contributed by atoms with Gasteiger partial charge in [0.25, 0.3) is 0 Å². The van der Waals surface area contributed by atoms with Crippen molar-refractivity contribution in [3.8, 4) is 17.2 Å². The van der Waals surface area contributed by atoms with E-state index in [1.807, 2.05) is 111 Å². The van der Waals surface area contributed by atoms with Crippen molar-refractivity contribution in [2.24, 2.45) is 0 Å². The van der Waals surface area contributed by atoms with Crippen LogP contribution in [0.3, 0.4) is 0 Å². The Kier molecular flexibility index (Phi) is 20.3. The quantitative estimate of drug-likeness (QED) is 0.0527. The molecule has 64 heavy (non-hydrogen) atoms. The third-order valence-electron chi connectivity index (χ3n) is 10.1. The molecule has 0 radical (unpaired) electrons. The summed E-state index contributed by atoms with van der Waals surface area (Å²) in [6.07, 6.45) is 3.72. The number of nitrogens with zero attached hydrogens (tertiary/aromatic N) is 2. The number of likely N-dealkylation sites (N-methyl/N-ethyl adjacent to an activating group) is 2. The fourth-order valence-corrected chi connectivity index (χ4v) is 6.86. The molecule has 0 aliphatic carbocycles. The first-order chi connectivity index (χ1) is 30.7. The number of esters is 2. The number of aromatic carboxylic acids is 1. The van der Waals surface area contributed by atoms with E-state index in [9.17, 15) is 24.3 Å². The lowest BCUT2D eigenvalue weighted by Gasteiger charge is -2.22. The van der Waals surface area contributed by atoms with Crippen molar-refractivity contribution < 1.29 is 53.1 Å². The van der Waals surface area contributed by atoms with Crippen molar-refractivity contribution >= 4 is 23.9 Å². The van der Waals surface area contributed by atoms with E-state index >= 15 is 0 Å². The molecule has 2 atom stereocenters. The standard InChI is InChI=1S/C28H31NO6.C23H29NO5/c1-29(2)18-25(35-28(32)23-9-6-8-22(17-23)27(30)31)19-34-26-10-5-4-7-21(26)14-11-20-12-15-24(33-3)16-13-20;1-24(2)16-21(29-23(27)22(25)26)15-12-19-7-5-4-6-18(19)11-8-17-9-13-20(28-3)14-10-17/h4-10,12-13,15-17,25H,11,14,18-19H2,1-3H3,(H,30,31);4-7,9-10,13-14,21H,8,11-12,15-16H2,1-3H3,(H,25,26)/t;21-/m.1/s1. The molecule has 0 spiro atoms. The summed E-state index contributed by atoms with van der Waals surface area (Å²) >= 11 is 0. The van der Waals surface area contributed by atoms with Crippen LogP contribution >= 0.6 is 0 Å². The molecule has 0 heterocycles. The summed E-state index contributed by atoms with van der Waals surface area (Å²) in [5, 5.41) is 18.0. The molecule has 5 aromatic carbocycles. The third kappa shape index (κ3) is 17.2. The second-order valence-electron chi connectivity index (χ2n) is 15.7. The van der Waals surface area contributed by atoms with Gasteiger partial charge in [0.2, 0.25) is 0 Å². The summed E-state index contributed by atoms with van der Waals surface area (Å²) in [5.41, 5.74) is 6.16. The first-order valence-electron chi connectivity index (χ1n) is 21.1. The molecule has 0 aromatic heterocycles. The minimum atomic E-state index is -1.56. The van der Waals surface area contributed by atoms with Crippen molar-refractivity contribution in [1.82, 2.24) is 9.80 Å².